The van der Waals surface area contributed by atoms with Crippen molar-refractivity contribution in [1.82, 2.24) is 24.9 Å². The molecule has 2 N–H and O–H groups in total. The molecule has 1 fully saturated rings. The molecule has 0 aliphatic heterocycles. The summed E-state index contributed by atoms with van der Waals surface area (Å²) in [7, 11) is 1.72. The quantitative estimate of drug-likeness (QED) is 0.314. The predicted molar refractivity (Wildman–Crippen MR) is 125 cm³/mol. The van der Waals surface area contributed by atoms with Crippen LogP contribution in [0, 0.1) is 5.82 Å². The molecule has 5 rings (SSSR count). The summed E-state index contributed by atoms with van der Waals surface area (Å²) in [4.78, 5) is 20.7. The number of hydrogen-bond donors (Lipinski definition) is 2. The number of nitrogens with zero attached hydrogens (tertiary/aromatic N) is 5. The van der Waals surface area contributed by atoms with Crippen molar-refractivity contribution in [3.05, 3.63) is 65.2 Å². The highest BCUT2D eigenvalue weighted by Crippen LogP contribution is 2.59. The number of amides is 1. The number of halogens is 5. The van der Waals surface area contributed by atoms with Gasteiger partial charge in [0.1, 0.15) is 11.2 Å². The van der Waals surface area contributed by atoms with Crippen LogP contribution >= 0.6 is 11.6 Å². The second kappa shape index (κ2) is 9.14. The highest BCUT2D eigenvalue weighted by atomic mass is 35.5. The van der Waals surface area contributed by atoms with Crippen molar-refractivity contribution in [2.45, 2.75) is 30.9 Å². The van der Waals surface area contributed by atoms with E-state index in [1.807, 2.05) is 0 Å². The Morgan fingerprint density at radius 2 is 1.92 bits per heavy atom. The fourth-order valence-electron chi connectivity index (χ4n) is 3.79. The summed E-state index contributed by atoms with van der Waals surface area (Å²) in [6, 6.07) is 5.33. The molecule has 0 radical (unpaired) electrons. The molecule has 1 saturated carbocycles. The summed E-state index contributed by atoms with van der Waals surface area (Å²) in [5.74, 6) is -1.54. The zero-order valence-electron chi connectivity index (χ0n) is 19.1. The van der Waals surface area contributed by atoms with E-state index in [4.69, 9.17) is 16.1 Å². The number of alkyl halides is 3. The van der Waals surface area contributed by atoms with E-state index in [0.29, 0.717) is 16.8 Å². The largest absolute Gasteiger partial charge is 0.401 e. The van der Waals surface area contributed by atoms with Gasteiger partial charge in [-0.05, 0) is 30.0 Å². The highest BCUT2D eigenvalue weighted by molar-refractivity contribution is 6.32. The van der Waals surface area contributed by atoms with Crippen molar-refractivity contribution in [3.8, 4) is 11.1 Å². The molecule has 0 atom stereocenters. The second-order valence-corrected chi connectivity index (χ2v) is 8.97. The Morgan fingerprint density at radius 1 is 1.19 bits per heavy atom. The minimum absolute atomic E-state index is 0.0874. The van der Waals surface area contributed by atoms with Crippen LogP contribution in [0.1, 0.15) is 24.2 Å². The Morgan fingerprint density at radius 3 is 2.51 bits per heavy atom. The molecule has 0 saturated heterocycles. The average molecular weight is 536 g/mol. The van der Waals surface area contributed by atoms with E-state index in [-0.39, 0.29) is 47.5 Å². The van der Waals surface area contributed by atoms with E-state index in [9.17, 15) is 22.4 Å². The lowest BCUT2D eigenvalue weighted by Gasteiger charge is -2.14. The van der Waals surface area contributed by atoms with Gasteiger partial charge in [0.05, 0.1) is 12.1 Å². The third kappa shape index (κ3) is 4.99. The zero-order valence-corrected chi connectivity index (χ0v) is 19.9. The molecule has 1 aliphatic rings. The molecule has 3 aromatic heterocycles. The number of nitrogens with one attached hydrogen (secondary N) is 2. The second-order valence-electron chi connectivity index (χ2n) is 8.62. The van der Waals surface area contributed by atoms with Crippen molar-refractivity contribution in [2.24, 2.45) is 7.05 Å². The summed E-state index contributed by atoms with van der Waals surface area (Å²) in [5.41, 5.74) is -0.416. The molecule has 3 heterocycles. The first kappa shape index (κ1) is 24.7. The van der Waals surface area contributed by atoms with Crippen LogP contribution in [0.5, 0.6) is 0 Å². The summed E-state index contributed by atoms with van der Waals surface area (Å²) >= 11 is 6.00. The molecule has 1 amide bonds. The van der Waals surface area contributed by atoms with Crippen molar-refractivity contribution in [2.75, 3.05) is 10.6 Å². The van der Waals surface area contributed by atoms with Crippen LogP contribution < -0.4 is 10.6 Å². The number of anilines is 3. The Hall–Kier alpha value is -4.00. The van der Waals surface area contributed by atoms with Gasteiger partial charge in [-0.2, -0.15) is 18.3 Å². The van der Waals surface area contributed by atoms with Crippen LogP contribution in [0.4, 0.5) is 35.0 Å². The van der Waals surface area contributed by atoms with Gasteiger partial charge in [-0.25, -0.2) is 14.4 Å². The molecule has 14 heteroatoms. The van der Waals surface area contributed by atoms with Crippen LogP contribution in [-0.4, -0.2) is 37.0 Å². The van der Waals surface area contributed by atoms with Crippen molar-refractivity contribution < 1.29 is 26.9 Å². The third-order valence-corrected chi connectivity index (χ3v) is 6.24. The maximum Gasteiger partial charge on any atom is 0.401 e. The van der Waals surface area contributed by atoms with Crippen molar-refractivity contribution in [3.63, 3.8) is 0 Å². The molecule has 1 aliphatic carbocycles. The Labute approximate surface area is 211 Å². The third-order valence-electron chi connectivity index (χ3n) is 5.96. The van der Waals surface area contributed by atoms with Gasteiger partial charge in [0, 0.05) is 37.3 Å². The first-order valence-electron chi connectivity index (χ1n) is 10.9. The molecule has 0 spiro atoms. The van der Waals surface area contributed by atoms with E-state index in [0.717, 1.165) is 6.07 Å². The lowest BCUT2D eigenvalue weighted by molar-refractivity contribution is -0.165. The maximum atomic E-state index is 14.7. The lowest BCUT2D eigenvalue weighted by Crippen LogP contribution is -2.28. The van der Waals surface area contributed by atoms with E-state index in [1.54, 1.807) is 19.3 Å². The predicted octanol–water partition coefficient (Wildman–Crippen LogP) is 5.18. The van der Waals surface area contributed by atoms with Gasteiger partial charge in [0.25, 0.3) is 0 Å². The van der Waals surface area contributed by atoms with Crippen molar-refractivity contribution in [1.29, 1.82) is 0 Å². The van der Waals surface area contributed by atoms with Crippen molar-refractivity contribution >= 4 is 35.0 Å². The molecule has 4 aromatic rings. The molecule has 192 valence electrons. The maximum absolute atomic E-state index is 14.7. The van der Waals surface area contributed by atoms with E-state index >= 15 is 0 Å². The molecule has 9 nitrogen and oxygen atoms in total. The standard InChI is InChI=1S/C23H18ClF4N7O2/c1-35-11-16(20(24)33-35)31-21-29-9-14(10-30-21)12-2-3-13(15(25)6-12)7-19(36)32-18-8-17(37-34-18)22(4-5-22)23(26,27)28/h2-3,6,8-11H,4-5,7H2,1H3,(H,29,30,31)(H,32,34,36). The first-order chi connectivity index (χ1) is 17.5. The fraction of sp³-hybridized carbons (Fsp3) is 0.261. The number of carbonyl (C=O) groups excluding carboxylic acids is 1. The van der Waals surface area contributed by atoms with Gasteiger partial charge in [-0.15, -0.1) is 0 Å². The molecule has 0 unspecified atom stereocenters. The molecular formula is C23H18ClF4N7O2. The van der Waals surface area contributed by atoms with Gasteiger partial charge in [-0.3, -0.25) is 9.48 Å². The summed E-state index contributed by atoms with van der Waals surface area (Å²) in [6.45, 7) is 0. The molecule has 1 aromatic carbocycles. The Bertz CT molecular complexity index is 1460. The van der Waals surface area contributed by atoms with Gasteiger partial charge in [0.2, 0.25) is 11.9 Å². The van der Waals surface area contributed by atoms with Crippen LogP contribution in [0.2, 0.25) is 5.15 Å². The van der Waals surface area contributed by atoms with Crippen LogP contribution in [0.3, 0.4) is 0 Å². The smallest absolute Gasteiger partial charge is 0.358 e. The first-order valence-corrected chi connectivity index (χ1v) is 11.3. The molecule has 0 bridgehead atoms. The number of rotatable bonds is 7. The van der Waals surface area contributed by atoms with Gasteiger partial charge < -0.3 is 15.2 Å². The average Bonchev–Trinajstić information content (AvgIpc) is 3.44. The number of benzene rings is 1. The summed E-state index contributed by atoms with van der Waals surface area (Å²) < 4.78 is 60.8. The molecule has 37 heavy (non-hydrogen) atoms. The van der Waals surface area contributed by atoms with Gasteiger partial charge in [0.15, 0.2) is 16.7 Å². The van der Waals surface area contributed by atoms with Gasteiger partial charge in [-0.1, -0.05) is 28.9 Å². The fourth-order valence-corrected chi connectivity index (χ4v) is 4.01. The lowest BCUT2D eigenvalue weighted by atomic mass is 10.0. The van der Waals surface area contributed by atoms with E-state index < -0.39 is 23.3 Å². The topological polar surface area (TPSA) is 111 Å². The molecular weight excluding hydrogens is 518 g/mol. The minimum Gasteiger partial charge on any atom is -0.358 e. The van der Waals surface area contributed by atoms with Crippen LogP contribution in [0.25, 0.3) is 11.1 Å². The SMILES string of the molecule is Cn1cc(Nc2ncc(-c3ccc(CC(=O)Nc4cc(C5(C(F)(F)F)CC5)on4)c(F)c3)cn2)c(Cl)n1. The van der Waals surface area contributed by atoms with Crippen LogP contribution in [0.15, 0.2) is 47.4 Å². The Kier molecular flexibility index (Phi) is 6.10. The normalized spacial score (nSPS) is 14.4. The number of hydrogen-bond acceptors (Lipinski definition) is 7. The van der Waals surface area contributed by atoms with E-state index in [2.05, 4.69) is 30.9 Å². The number of carbonyl (C=O) groups is 1. The minimum atomic E-state index is -4.46. The number of aromatic nitrogens is 5. The monoisotopic (exact) mass is 535 g/mol. The zero-order chi connectivity index (χ0) is 26.4. The summed E-state index contributed by atoms with van der Waals surface area (Å²) in [6.07, 6.45) is -0.359. The summed E-state index contributed by atoms with van der Waals surface area (Å²) in [5, 5.41) is 13.0. The Balaban J connectivity index is 1.22. The van der Waals surface area contributed by atoms with Crippen LogP contribution in [-0.2, 0) is 23.7 Å². The number of aryl methyl sites for hydroxylation is 1. The van der Waals surface area contributed by atoms with Gasteiger partial charge >= 0.3 is 6.18 Å². The highest BCUT2D eigenvalue weighted by Gasteiger charge is 2.66. The van der Waals surface area contributed by atoms with E-state index in [1.165, 1.54) is 29.2 Å².